The van der Waals surface area contributed by atoms with Crippen LogP contribution in [0.4, 0.5) is 0 Å². The van der Waals surface area contributed by atoms with Gasteiger partial charge >= 0.3 is 5.97 Å². The number of aromatic nitrogens is 2. The second kappa shape index (κ2) is 14.4. The molecule has 0 aromatic carbocycles. The van der Waals surface area contributed by atoms with Gasteiger partial charge in [-0.05, 0) is 19.8 Å². The van der Waals surface area contributed by atoms with Crippen LogP contribution in [0.5, 0.6) is 0 Å². The van der Waals surface area contributed by atoms with Crippen molar-refractivity contribution in [2.45, 2.75) is 69.3 Å². The summed E-state index contributed by atoms with van der Waals surface area (Å²) in [6.45, 7) is 1.22. The molecule has 1 aromatic heterocycles. The number of aliphatic hydroxyl groups excluding tert-OH is 1. The number of nitrogens with zero attached hydrogens (tertiary/aromatic N) is 1. The molecule has 200 valence electrons. The van der Waals surface area contributed by atoms with Crippen LogP contribution in [0.15, 0.2) is 12.5 Å². The van der Waals surface area contributed by atoms with Gasteiger partial charge in [0.2, 0.25) is 29.5 Å². The largest absolute Gasteiger partial charge is 0.480 e. The molecule has 0 saturated carbocycles. The van der Waals surface area contributed by atoms with Gasteiger partial charge in [0.25, 0.3) is 0 Å². The van der Waals surface area contributed by atoms with Gasteiger partial charge in [0.05, 0.1) is 18.5 Å². The fourth-order valence-electron chi connectivity index (χ4n) is 3.02. The maximum absolute atomic E-state index is 12.8. The summed E-state index contributed by atoms with van der Waals surface area (Å²) >= 11 is 0. The number of carboxylic acids is 1. The van der Waals surface area contributed by atoms with Gasteiger partial charge in [-0.25, -0.2) is 9.78 Å². The molecule has 16 nitrogen and oxygen atoms in total. The normalized spacial score (nSPS) is 15.0. The number of aliphatic carboxylic acids is 1. The van der Waals surface area contributed by atoms with Gasteiger partial charge < -0.3 is 48.3 Å². The van der Waals surface area contributed by atoms with Crippen molar-refractivity contribution < 1.29 is 39.0 Å². The molecule has 0 fully saturated rings. The minimum Gasteiger partial charge on any atom is -0.480 e. The monoisotopic (exact) mass is 512 g/mol. The van der Waals surface area contributed by atoms with Gasteiger partial charge in [0, 0.05) is 31.2 Å². The van der Waals surface area contributed by atoms with Crippen LogP contribution in [0.2, 0.25) is 0 Å². The predicted molar refractivity (Wildman–Crippen MR) is 122 cm³/mol. The third kappa shape index (κ3) is 10.5. The fraction of sp³-hybridized carbons (Fsp3) is 0.550. The Bertz CT molecular complexity index is 936. The van der Waals surface area contributed by atoms with E-state index in [0.717, 1.165) is 0 Å². The third-order valence-electron chi connectivity index (χ3n) is 5.00. The first-order valence-corrected chi connectivity index (χ1v) is 10.9. The Balaban J connectivity index is 2.94. The smallest absolute Gasteiger partial charge is 0.326 e. The van der Waals surface area contributed by atoms with E-state index < -0.39 is 65.8 Å². The minimum absolute atomic E-state index is 0.0610. The Labute approximate surface area is 205 Å². The number of primary amides is 2. The Kier molecular flexibility index (Phi) is 12.0. The van der Waals surface area contributed by atoms with E-state index in [0.29, 0.717) is 5.69 Å². The van der Waals surface area contributed by atoms with E-state index in [-0.39, 0.29) is 32.1 Å². The van der Waals surface area contributed by atoms with Crippen LogP contribution in [-0.4, -0.2) is 86.0 Å². The molecule has 5 amide bonds. The van der Waals surface area contributed by atoms with Crippen molar-refractivity contribution in [2.24, 2.45) is 17.2 Å². The Morgan fingerprint density at radius 3 is 1.97 bits per heavy atom. The molecule has 0 radical (unpaired) electrons. The van der Waals surface area contributed by atoms with Crippen molar-refractivity contribution in [3.8, 4) is 0 Å². The van der Waals surface area contributed by atoms with Crippen molar-refractivity contribution in [3.63, 3.8) is 0 Å². The lowest BCUT2D eigenvalue weighted by Crippen LogP contribution is -2.60. The molecule has 1 aromatic rings. The molecule has 0 saturated heterocycles. The molecular formula is C20H32N8O8. The minimum atomic E-state index is -1.54. The van der Waals surface area contributed by atoms with Gasteiger partial charge in [0.1, 0.15) is 18.1 Å². The predicted octanol–water partition coefficient (Wildman–Crippen LogP) is -4.27. The van der Waals surface area contributed by atoms with E-state index >= 15 is 0 Å². The number of aliphatic hydroxyl groups is 1. The van der Waals surface area contributed by atoms with E-state index in [2.05, 4.69) is 25.9 Å². The van der Waals surface area contributed by atoms with E-state index in [1.807, 2.05) is 0 Å². The number of H-pyrrole nitrogens is 1. The van der Waals surface area contributed by atoms with Crippen LogP contribution in [0.25, 0.3) is 0 Å². The number of aromatic amines is 1. The molecule has 0 bridgehead atoms. The first-order valence-electron chi connectivity index (χ1n) is 10.9. The van der Waals surface area contributed by atoms with Crippen molar-refractivity contribution >= 4 is 35.5 Å². The lowest BCUT2D eigenvalue weighted by atomic mass is 10.1. The number of carboxylic acid groups (broad SMARTS) is 1. The highest BCUT2D eigenvalue weighted by Crippen LogP contribution is 2.05. The molecule has 5 unspecified atom stereocenters. The average Bonchev–Trinajstić information content (AvgIpc) is 3.29. The second-order valence-electron chi connectivity index (χ2n) is 8.08. The highest BCUT2D eigenvalue weighted by molar-refractivity contribution is 5.94. The quantitative estimate of drug-likeness (QED) is 0.103. The van der Waals surface area contributed by atoms with E-state index in [9.17, 15) is 39.0 Å². The third-order valence-corrected chi connectivity index (χ3v) is 5.00. The molecule has 16 heteroatoms. The van der Waals surface area contributed by atoms with Crippen LogP contribution in [-0.2, 0) is 35.2 Å². The molecule has 0 spiro atoms. The molecule has 12 N–H and O–H groups in total. The summed E-state index contributed by atoms with van der Waals surface area (Å²) in [6, 6.07) is -5.61. The Hall–Kier alpha value is -4.05. The maximum atomic E-state index is 12.8. The molecule has 0 aliphatic carbocycles. The highest BCUT2D eigenvalue weighted by atomic mass is 16.4. The molecule has 0 aliphatic rings. The Morgan fingerprint density at radius 2 is 1.50 bits per heavy atom. The number of nitrogens with one attached hydrogen (secondary N) is 4. The number of carbonyl (C=O) groups is 6. The zero-order valence-electron chi connectivity index (χ0n) is 19.6. The van der Waals surface area contributed by atoms with Gasteiger partial charge in [-0.2, -0.15) is 0 Å². The standard InChI is InChI=1S/C20H32N8O8/c1-9(29)16(28-17(32)11(21)6-10-7-24-8-25-10)19(34)26-12(2-4-14(22)30)18(33)27-13(20(35)36)3-5-15(23)31/h7-9,11-13,16,29H,2-6,21H2,1H3,(H2,22,30)(H2,23,31)(H,24,25)(H,26,34)(H,27,33)(H,28,32)(H,35,36). The number of hydrogen-bond acceptors (Lipinski definition) is 9. The molecule has 1 heterocycles. The van der Waals surface area contributed by atoms with E-state index in [4.69, 9.17) is 17.2 Å². The van der Waals surface area contributed by atoms with Crippen LogP contribution < -0.4 is 33.2 Å². The summed E-state index contributed by atoms with van der Waals surface area (Å²) in [5.41, 5.74) is 16.5. The summed E-state index contributed by atoms with van der Waals surface area (Å²) in [4.78, 5) is 78.2. The number of carbonyl (C=O) groups excluding carboxylic acids is 5. The number of imidazole rings is 1. The SMILES string of the molecule is CC(O)C(NC(=O)C(N)Cc1cnc[nH]1)C(=O)NC(CCC(N)=O)C(=O)NC(CCC(N)=O)C(=O)O. The number of amides is 5. The average molecular weight is 513 g/mol. The molecule has 5 atom stereocenters. The summed E-state index contributed by atoms with van der Waals surface area (Å²) in [6.07, 6.45) is 0.195. The number of rotatable bonds is 16. The van der Waals surface area contributed by atoms with Gasteiger partial charge in [0.15, 0.2) is 0 Å². The zero-order valence-corrected chi connectivity index (χ0v) is 19.6. The second-order valence-corrected chi connectivity index (χ2v) is 8.08. The van der Waals surface area contributed by atoms with Crippen LogP contribution in [0.1, 0.15) is 38.3 Å². The van der Waals surface area contributed by atoms with Crippen molar-refractivity contribution in [3.05, 3.63) is 18.2 Å². The summed E-state index contributed by atoms with van der Waals surface area (Å²) in [7, 11) is 0. The van der Waals surface area contributed by atoms with Crippen molar-refractivity contribution in [1.82, 2.24) is 25.9 Å². The van der Waals surface area contributed by atoms with E-state index in [1.165, 1.54) is 19.4 Å². The fourth-order valence-corrected chi connectivity index (χ4v) is 3.02. The van der Waals surface area contributed by atoms with Gasteiger partial charge in [-0.1, -0.05) is 0 Å². The number of hydrogen-bond donors (Lipinski definition) is 9. The first-order chi connectivity index (χ1) is 16.8. The lowest BCUT2D eigenvalue weighted by Gasteiger charge is -2.26. The van der Waals surface area contributed by atoms with Crippen LogP contribution >= 0.6 is 0 Å². The van der Waals surface area contributed by atoms with Crippen molar-refractivity contribution in [1.29, 1.82) is 0 Å². The zero-order chi connectivity index (χ0) is 27.4. The van der Waals surface area contributed by atoms with Gasteiger partial charge in [-0.3, -0.25) is 24.0 Å². The maximum Gasteiger partial charge on any atom is 0.326 e. The summed E-state index contributed by atoms with van der Waals surface area (Å²) in [5.74, 6) is -5.80. The van der Waals surface area contributed by atoms with Crippen LogP contribution in [0, 0.1) is 0 Å². The topological polar surface area (TPSA) is 286 Å². The molecule has 1 rings (SSSR count). The lowest BCUT2D eigenvalue weighted by molar-refractivity contribution is -0.143. The Morgan fingerprint density at radius 1 is 0.944 bits per heavy atom. The van der Waals surface area contributed by atoms with E-state index in [1.54, 1.807) is 0 Å². The molecule has 0 aliphatic heterocycles. The summed E-state index contributed by atoms with van der Waals surface area (Å²) in [5, 5.41) is 26.1. The highest BCUT2D eigenvalue weighted by Gasteiger charge is 2.32. The molecule has 36 heavy (non-hydrogen) atoms. The van der Waals surface area contributed by atoms with Gasteiger partial charge in [-0.15, -0.1) is 0 Å². The van der Waals surface area contributed by atoms with Crippen molar-refractivity contribution in [2.75, 3.05) is 0 Å². The number of nitrogens with two attached hydrogens (primary N) is 3. The summed E-state index contributed by atoms with van der Waals surface area (Å²) < 4.78 is 0. The first kappa shape index (κ1) is 30.0. The molecular weight excluding hydrogens is 480 g/mol. The van der Waals surface area contributed by atoms with Crippen LogP contribution in [0.3, 0.4) is 0 Å².